The van der Waals surface area contributed by atoms with E-state index in [0.717, 1.165) is 32.5 Å². The second-order valence-electron chi connectivity index (χ2n) is 4.12. The third-order valence-electron chi connectivity index (χ3n) is 3.35. The molecule has 0 amide bonds. The van der Waals surface area contributed by atoms with Crippen molar-refractivity contribution in [2.45, 2.75) is 24.9 Å². The Morgan fingerprint density at radius 1 is 1.46 bits per heavy atom. The highest BCUT2D eigenvalue weighted by molar-refractivity contribution is 5.77. The molecule has 2 N–H and O–H groups in total. The van der Waals surface area contributed by atoms with Gasteiger partial charge in [0.05, 0.1) is 0 Å². The molecule has 0 saturated carbocycles. The lowest BCUT2D eigenvalue weighted by Gasteiger charge is -2.27. The zero-order valence-electron chi connectivity index (χ0n) is 7.57. The van der Waals surface area contributed by atoms with E-state index in [-0.39, 0.29) is 5.92 Å². The predicted octanol–water partition coefficient (Wildman–Crippen LogP) is -0.0822. The average molecular weight is 185 g/mol. The van der Waals surface area contributed by atoms with Gasteiger partial charge in [-0.2, -0.15) is 0 Å². The summed E-state index contributed by atoms with van der Waals surface area (Å²) in [5, 5.41) is 19.0. The van der Waals surface area contributed by atoms with Gasteiger partial charge in [0.1, 0.15) is 0 Å². The van der Waals surface area contributed by atoms with E-state index in [0.29, 0.717) is 6.42 Å². The van der Waals surface area contributed by atoms with E-state index in [1.165, 1.54) is 0 Å². The van der Waals surface area contributed by atoms with E-state index < -0.39 is 11.6 Å². The number of carboxylic acids is 1. The van der Waals surface area contributed by atoms with Crippen molar-refractivity contribution in [3.63, 3.8) is 0 Å². The Kier molecular flexibility index (Phi) is 2.04. The van der Waals surface area contributed by atoms with E-state index in [1.807, 2.05) is 0 Å². The molecule has 2 bridgehead atoms. The van der Waals surface area contributed by atoms with Crippen LogP contribution in [-0.2, 0) is 4.79 Å². The van der Waals surface area contributed by atoms with Crippen molar-refractivity contribution >= 4 is 5.97 Å². The minimum atomic E-state index is -1.45. The first-order chi connectivity index (χ1) is 6.13. The number of carboxylic acid groups (broad SMARTS) is 1. The summed E-state index contributed by atoms with van der Waals surface area (Å²) < 4.78 is 0. The van der Waals surface area contributed by atoms with Crippen LogP contribution in [0.1, 0.15) is 19.3 Å². The third kappa shape index (κ3) is 1.34. The minimum absolute atomic E-state index is 0.0625. The van der Waals surface area contributed by atoms with Gasteiger partial charge in [0.2, 0.25) is 0 Å². The smallest absolute Gasteiger partial charge is 0.336 e. The van der Waals surface area contributed by atoms with E-state index in [9.17, 15) is 9.90 Å². The zero-order valence-corrected chi connectivity index (χ0v) is 7.57. The van der Waals surface area contributed by atoms with Gasteiger partial charge >= 0.3 is 5.97 Å². The maximum Gasteiger partial charge on any atom is 0.336 e. The highest BCUT2D eigenvalue weighted by atomic mass is 16.4. The highest BCUT2D eigenvalue weighted by Gasteiger charge is 2.48. The second-order valence-corrected chi connectivity index (χ2v) is 4.12. The van der Waals surface area contributed by atoms with E-state index in [4.69, 9.17) is 5.11 Å². The SMILES string of the molecule is O=C(O)C1(O)CCCN2CCC1C2. The van der Waals surface area contributed by atoms with Gasteiger partial charge in [-0.15, -0.1) is 0 Å². The molecule has 2 aliphatic heterocycles. The van der Waals surface area contributed by atoms with Crippen molar-refractivity contribution in [1.29, 1.82) is 0 Å². The van der Waals surface area contributed by atoms with Crippen LogP contribution in [0.3, 0.4) is 0 Å². The first kappa shape index (κ1) is 8.97. The van der Waals surface area contributed by atoms with Crippen LogP contribution in [0.15, 0.2) is 0 Å². The number of aliphatic hydroxyl groups is 1. The molecule has 0 aromatic rings. The number of nitrogens with zero attached hydrogens (tertiary/aromatic N) is 1. The fraction of sp³-hybridized carbons (Fsp3) is 0.889. The van der Waals surface area contributed by atoms with Crippen LogP contribution in [0.5, 0.6) is 0 Å². The quantitative estimate of drug-likeness (QED) is 0.599. The van der Waals surface area contributed by atoms with E-state index in [2.05, 4.69) is 4.90 Å². The van der Waals surface area contributed by atoms with Gasteiger partial charge in [0.25, 0.3) is 0 Å². The molecule has 2 aliphatic rings. The molecule has 3 atom stereocenters. The van der Waals surface area contributed by atoms with Gasteiger partial charge in [-0.05, 0) is 32.4 Å². The summed E-state index contributed by atoms with van der Waals surface area (Å²) >= 11 is 0. The number of hydrogen-bond acceptors (Lipinski definition) is 3. The molecule has 0 aliphatic carbocycles. The number of carbonyl (C=O) groups is 1. The van der Waals surface area contributed by atoms with Gasteiger partial charge < -0.3 is 15.1 Å². The Balaban J connectivity index is 2.22. The molecule has 2 heterocycles. The first-order valence-electron chi connectivity index (χ1n) is 4.81. The molecule has 0 aromatic carbocycles. The summed E-state index contributed by atoms with van der Waals surface area (Å²) in [6.07, 6.45) is 2.02. The molecule has 4 nitrogen and oxygen atoms in total. The molecule has 2 saturated heterocycles. The summed E-state index contributed by atoms with van der Waals surface area (Å²) in [5.74, 6) is -1.10. The molecule has 0 radical (unpaired) electrons. The molecule has 3 unspecified atom stereocenters. The minimum Gasteiger partial charge on any atom is -0.479 e. The van der Waals surface area contributed by atoms with Crippen molar-refractivity contribution in [2.24, 2.45) is 5.92 Å². The Hall–Kier alpha value is -0.610. The highest BCUT2D eigenvalue weighted by Crippen LogP contribution is 2.34. The zero-order chi connectivity index (χ0) is 9.47. The number of aliphatic carboxylic acids is 1. The number of fused-ring (bicyclic) bond motifs is 2. The molecule has 0 spiro atoms. The molecule has 0 aromatic heterocycles. The predicted molar refractivity (Wildman–Crippen MR) is 46.4 cm³/mol. The summed E-state index contributed by atoms with van der Waals surface area (Å²) in [6.45, 7) is 2.63. The van der Waals surface area contributed by atoms with Gasteiger partial charge in [-0.25, -0.2) is 4.79 Å². The molecule has 2 rings (SSSR count). The largest absolute Gasteiger partial charge is 0.479 e. The first-order valence-corrected chi connectivity index (χ1v) is 4.81. The maximum absolute atomic E-state index is 10.9. The van der Waals surface area contributed by atoms with Crippen LogP contribution < -0.4 is 0 Å². The monoisotopic (exact) mass is 185 g/mol. The Bertz CT molecular complexity index is 231. The maximum atomic E-state index is 10.9. The van der Waals surface area contributed by atoms with Crippen LogP contribution in [0.4, 0.5) is 0 Å². The van der Waals surface area contributed by atoms with Crippen LogP contribution in [0.2, 0.25) is 0 Å². The molecule has 2 fully saturated rings. The van der Waals surface area contributed by atoms with Crippen LogP contribution in [0, 0.1) is 5.92 Å². The normalized spacial score (nSPS) is 44.4. The molecule has 13 heavy (non-hydrogen) atoms. The van der Waals surface area contributed by atoms with Crippen molar-refractivity contribution < 1.29 is 15.0 Å². The lowest BCUT2D eigenvalue weighted by Crippen LogP contribution is -2.45. The van der Waals surface area contributed by atoms with Crippen molar-refractivity contribution in [3.05, 3.63) is 0 Å². The second kappa shape index (κ2) is 2.96. The Morgan fingerprint density at radius 2 is 2.23 bits per heavy atom. The Morgan fingerprint density at radius 3 is 2.92 bits per heavy atom. The third-order valence-corrected chi connectivity index (χ3v) is 3.35. The topological polar surface area (TPSA) is 60.8 Å². The van der Waals surface area contributed by atoms with E-state index in [1.54, 1.807) is 0 Å². The van der Waals surface area contributed by atoms with Crippen LogP contribution >= 0.6 is 0 Å². The Labute approximate surface area is 77.2 Å². The van der Waals surface area contributed by atoms with Crippen LogP contribution in [-0.4, -0.2) is 46.3 Å². The lowest BCUT2D eigenvalue weighted by atomic mass is 9.83. The molecular formula is C9H15NO3. The average Bonchev–Trinajstić information content (AvgIpc) is 2.44. The van der Waals surface area contributed by atoms with Crippen molar-refractivity contribution in [2.75, 3.05) is 19.6 Å². The molecular weight excluding hydrogens is 170 g/mol. The fourth-order valence-electron chi connectivity index (χ4n) is 2.48. The van der Waals surface area contributed by atoms with Crippen LogP contribution in [0.25, 0.3) is 0 Å². The van der Waals surface area contributed by atoms with E-state index >= 15 is 0 Å². The summed E-state index contributed by atoms with van der Waals surface area (Å²) in [4.78, 5) is 13.2. The summed E-state index contributed by atoms with van der Waals surface area (Å²) in [5.41, 5.74) is -1.45. The summed E-state index contributed by atoms with van der Waals surface area (Å²) in [7, 11) is 0. The van der Waals surface area contributed by atoms with Crippen molar-refractivity contribution in [3.8, 4) is 0 Å². The van der Waals surface area contributed by atoms with Crippen molar-refractivity contribution in [1.82, 2.24) is 4.90 Å². The summed E-state index contributed by atoms with van der Waals surface area (Å²) in [6, 6.07) is 0. The van der Waals surface area contributed by atoms with Gasteiger partial charge in [-0.1, -0.05) is 0 Å². The lowest BCUT2D eigenvalue weighted by molar-refractivity contribution is -0.164. The number of rotatable bonds is 1. The fourth-order valence-corrected chi connectivity index (χ4v) is 2.48. The van der Waals surface area contributed by atoms with Gasteiger partial charge in [0.15, 0.2) is 5.60 Å². The number of hydrogen-bond donors (Lipinski definition) is 2. The van der Waals surface area contributed by atoms with Gasteiger partial charge in [0, 0.05) is 12.5 Å². The molecule has 74 valence electrons. The molecule has 4 heteroatoms. The standard InChI is InChI=1S/C9H15NO3/c11-8(12)9(13)3-1-4-10-5-2-7(9)6-10/h7,13H,1-6H2,(H,11,12). The van der Waals surface area contributed by atoms with Gasteiger partial charge in [-0.3, -0.25) is 0 Å².